The molecule has 34 heavy (non-hydrogen) atoms. The van der Waals surface area contributed by atoms with Gasteiger partial charge in [-0.15, -0.1) is 28.2 Å². The predicted octanol–water partition coefficient (Wildman–Crippen LogP) is 4.92. The van der Waals surface area contributed by atoms with E-state index in [-0.39, 0.29) is 35.1 Å². The highest BCUT2D eigenvalue weighted by Gasteiger charge is 2.33. The van der Waals surface area contributed by atoms with E-state index in [4.69, 9.17) is 16.0 Å². The lowest BCUT2D eigenvalue weighted by molar-refractivity contribution is -0.121. The van der Waals surface area contributed by atoms with Gasteiger partial charge in [0.1, 0.15) is 4.21 Å². The van der Waals surface area contributed by atoms with E-state index in [9.17, 15) is 13.2 Å². The number of carbonyl (C=O) groups is 1. The number of rotatable bonds is 8. The Hall–Kier alpha value is -1.92. The number of piperidine rings is 1. The zero-order valence-electron chi connectivity index (χ0n) is 18.7. The zero-order valence-corrected chi connectivity index (χ0v) is 21.9. The van der Waals surface area contributed by atoms with Gasteiger partial charge >= 0.3 is 6.01 Å². The number of amides is 1. The summed E-state index contributed by atoms with van der Waals surface area (Å²) in [5.74, 6) is -0.170. The molecule has 2 aromatic heterocycles. The van der Waals surface area contributed by atoms with Crippen molar-refractivity contribution in [1.82, 2.24) is 14.5 Å². The Kier molecular flexibility index (Phi) is 7.98. The number of hydrogen-bond donors (Lipinski definition) is 1. The van der Waals surface area contributed by atoms with Crippen molar-refractivity contribution < 1.29 is 17.6 Å². The van der Waals surface area contributed by atoms with Gasteiger partial charge in [0.05, 0.1) is 10.8 Å². The summed E-state index contributed by atoms with van der Waals surface area (Å²) in [7, 11) is -3.59. The maximum atomic E-state index is 12.7. The SMILES string of the molecule is CC(C)Sc1ccc(Cc2nnc(NC(=O)C3CCN(S(=O)(=O)c4ccc(Cl)s4)CC3)o2)cc1. The van der Waals surface area contributed by atoms with Crippen LogP contribution >= 0.6 is 34.7 Å². The van der Waals surface area contributed by atoms with Crippen molar-refractivity contribution in [3.63, 3.8) is 0 Å². The van der Waals surface area contributed by atoms with Crippen LogP contribution in [0.15, 0.2) is 49.9 Å². The monoisotopic (exact) mass is 540 g/mol. The van der Waals surface area contributed by atoms with E-state index in [0.717, 1.165) is 16.9 Å². The number of nitrogens with one attached hydrogen (secondary N) is 1. The minimum atomic E-state index is -3.59. The maximum absolute atomic E-state index is 12.7. The molecule has 1 saturated heterocycles. The van der Waals surface area contributed by atoms with Crippen molar-refractivity contribution in [3.05, 3.63) is 52.2 Å². The molecule has 0 spiro atoms. The minimum absolute atomic E-state index is 0.0512. The number of thioether (sulfide) groups is 1. The molecular weight excluding hydrogens is 516 g/mol. The molecule has 0 radical (unpaired) electrons. The Morgan fingerprint density at radius 2 is 1.91 bits per heavy atom. The number of halogens is 1. The average molecular weight is 541 g/mol. The molecule has 1 N–H and O–H groups in total. The molecule has 3 heterocycles. The summed E-state index contributed by atoms with van der Waals surface area (Å²) in [6.45, 7) is 4.82. The van der Waals surface area contributed by atoms with Gasteiger partial charge in [0.25, 0.3) is 10.0 Å². The van der Waals surface area contributed by atoms with E-state index < -0.39 is 10.0 Å². The number of anilines is 1. The molecule has 0 saturated carbocycles. The van der Waals surface area contributed by atoms with Crippen LogP contribution in [0.1, 0.15) is 38.1 Å². The van der Waals surface area contributed by atoms with E-state index in [2.05, 4.69) is 41.5 Å². The van der Waals surface area contributed by atoms with E-state index in [1.54, 1.807) is 17.8 Å². The van der Waals surface area contributed by atoms with Gasteiger partial charge in [0, 0.05) is 29.2 Å². The molecule has 1 aliphatic heterocycles. The van der Waals surface area contributed by atoms with Gasteiger partial charge in [0.15, 0.2) is 0 Å². The Labute approximate surface area is 212 Å². The van der Waals surface area contributed by atoms with Crippen LogP contribution in [-0.2, 0) is 21.2 Å². The lowest BCUT2D eigenvalue weighted by Gasteiger charge is -2.29. The molecule has 1 aromatic carbocycles. The van der Waals surface area contributed by atoms with Crippen LogP contribution in [0.5, 0.6) is 0 Å². The first-order valence-electron chi connectivity index (χ1n) is 10.8. The Bertz CT molecular complexity index is 1230. The van der Waals surface area contributed by atoms with Crippen LogP contribution in [-0.4, -0.2) is 47.2 Å². The summed E-state index contributed by atoms with van der Waals surface area (Å²) >= 11 is 8.71. The summed E-state index contributed by atoms with van der Waals surface area (Å²) in [6.07, 6.45) is 1.29. The van der Waals surface area contributed by atoms with Crippen LogP contribution < -0.4 is 5.32 Å². The van der Waals surface area contributed by atoms with Crippen LogP contribution in [0, 0.1) is 5.92 Å². The molecule has 1 aliphatic rings. The average Bonchev–Trinajstić information content (AvgIpc) is 3.44. The maximum Gasteiger partial charge on any atom is 0.322 e. The normalized spacial score (nSPS) is 15.6. The van der Waals surface area contributed by atoms with E-state index >= 15 is 0 Å². The third-order valence-corrected chi connectivity index (χ3v) is 9.93. The third-order valence-electron chi connectivity index (χ3n) is 5.31. The van der Waals surface area contributed by atoms with Crippen LogP contribution in [0.25, 0.3) is 0 Å². The molecule has 8 nitrogen and oxygen atoms in total. The van der Waals surface area contributed by atoms with Crippen molar-refractivity contribution >= 4 is 56.6 Å². The number of aromatic nitrogens is 2. The van der Waals surface area contributed by atoms with Gasteiger partial charge in [-0.1, -0.05) is 42.7 Å². The highest BCUT2D eigenvalue weighted by Crippen LogP contribution is 2.31. The van der Waals surface area contributed by atoms with Crippen LogP contribution in [0.4, 0.5) is 6.01 Å². The summed E-state index contributed by atoms with van der Waals surface area (Å²) in [6, 6.07) is 11.3. The smallest absolute Gasteiger partial charge is 0.322 e. The molecule has 0 bridgehead atoms. The molecule has 182 valence electrons. The number of nitrogens with zero attached hydrogens (tertiary/aromatic N) is 3. The first-order valence-corrected chi connectivity index (χ1v) is 14.4. The summed E-state index contributed by atoms with van der Waals surface area (Å²) in [5, 5.41) is 11.1. The second-order valence-electron chi connectivity index (χ2n) is 8.21. The summed E-state index contributed by atoms with van der Waals surface area (Å²) < 4.78 is 33.1. The number of carbonyl (C=O) groups excluding carboxylic acids is 1. The largest absolute Gasteiger partial charge is 0.407 e. The fourth-order valence-electron chi connectivity index (χ4n) is 3.64. The first-order chi connectivity index (χ1) is 16.2. The minimum Gasteiger partial charge on any atom is -0.407 e. The predicted molar refractivity (Wildman–Crippen MR) is 134 cm³/mol. The van der Waals surface area contributed by atoms with Crippen molar-refractivity contribution in [2.45, 2.75) is 47.5 Å². The van der Waals surface area contributed by atoms with Gasteiger partial charge < -0.3 is 4.42 Å². The molecule has 3 aromatic rings. The molecule has 0 unspecified atom stereocenters. The zero-order chi connectivity index (χ0) is 24.3. The molecule has 12 heteroatoms. The number of thiophene rings is 1. The van der Waals surface area contributed by atoms with Gasteiger partial charge in [-0.25, -0.2) is 8.42 Å². The van der Waals surface area contributed by atoms with Gasteiger partial charge in [-0.2, -0.15) is 4.31 Å². The molecule has 4 rings (SSSR count). The van der Waals surface area contributed by atoms with Gasteiger partial charge in [0.2, 0.25) is 11.8 Å². The van der Waals surface area contributed by atoms with Crippen LogP contribution in [0.3, 0.4) is 0 Å². The highest BCUT2D eigenvalue weighted by atomic mass is 35.5. The van der Waals surface area contributed by atoms with Crippen molar-refractivity contribution in [2.24, 2.45) is 5.92 Å². The van der Waals surface area contributed by atoms with E-state index in [0.29, 0.717) is 34.7 Å². The first kappa shape index (κ1) is 25.2. The fourth-order valence-corrected chi connectivity index (χ4v) is 7.58. The molecular formula is C22H25ClN4O4S3. The Morgan fingerprint density at radius 1 is 1.21 bits per heavy atom. The van der Waals surface area contributed by atoms with Crippen LogP contribution in [0.2, 0.25) is 4.34 Å². The van der Waals surface area contributed by atoms with Crippen molar-refractivity contribution in [3.8, 4) is 0 Å². The molecule has 1 amide bonds. The molecule has 0 aliphatic carbocycles. The number of hydrogen-bond acceptors (Lipinski definition) is 8. The lowest BCUT2D eigenvalue weighted by atomic mass is 9.97. The summed E-state index contributed by atoms with van der Waals surface area (Å²) in [5.41, 5.74) is 1.04. The Morgan fingerprint density at radius 3 is 2.53 bits per heavy atom. The van der Waals surface area contributed by atoms with Gasteiger partial charge in [-0.3, -0.25) is 10.1 Å². The second-order valence-corrected chi connectivity index (χ2v) is 13.7. The second kappa shape index (κ2) is 10.8. The van der Waals surface area contributed by atoms with E-state index in [1.165, 1.54) is 15.3 Å². The lowest BCUT2D eigenvalue weighted by Crippen LogP contribution is -2.41. The third kappa shape index (κ3) is 6.19. The standard InChI is InChI=1S/C22H25ClN4O4S3/c1-14(2)32-17-5-3-15(4-6-17)13-19-25-26-22(31-19)24-21(28)16-9-11-27(12-10-16)34(29,30)20-8-7-18(23)33-20/h3-8,14,16H,9-13H2,1-2H3,(H,24,26,28). The number of sulfonamides is 1. The topological polar surface area (TPSA) is 105 Å². The molecule has 0 atom stereocenters. The fraction of sp³-hybridized carbons (Fsp3) is 0.409. The quantitative estimate of drug-likeness (QED) is 0.404. The van der Waals surface area contributed by atoms with Crippen molar-refractivity contribution in [1.29, 1.82) is 0 Å². The summed E-state index contributed by atoms with van der Waals surface area (Å²) in [4.78, 5) is 13.9. The van der Waals surface area contributed by atoms with Gasteiger partial charge in [-0.05, 0) is 42.7 Å². The van der Waals surface area contributed by atoms with E-state index in [1.807, 2.05) is 12.1 Å². The highest BCUT2D eigenvalue weighted by molar-refractivity contribution is 7.99. The molecule has 1 fully saturated rings. The number of benzene rings is 1. The Balaban J connectivity index is 1.29. The van der Waals surface area contributed by atoms with Crippen molar-refractivity contribution in [2.75, 3.05) is 18.4 Å².